The highest BCUT2D eigenvalue weighted by Gasteiger charge is 2.17. The normalized spacial score (nSPS) is 15.0. The molecular formula is C18H21N5O2. The van der Waals surface area contributed by atoms with Gasteiger partial charge in [0.2, 0.25) is 0 Å². The molecule has 0 aliphatic carbocycles. The highest BCUT2D eigenvalue weighted by atomic mass is 16.2. The van der Waals surface area contributed by atoms with Gasteiger partial charge in [-0.25, -0.2) is 9.97 Å². The lowest BCUT2D eigenvalue weighted by Gasteiger charge is -2.33. The van der Waals surface area contributed by atoms with Gasteiger partial charge in [0.1, 0.15) is 17.8 Å². The number of likely N-dealkylation sites (N-methyl/N-ethyl adjacent to an activating group) is 1. The molecule has 1 fully saturated rings. The quantitative estimate of drug-likeness (QED) is 0.854. The van der Waals surface area contributed by atoms with E-state index in [1.807, 2.05) is 0 Å². The standard InChI is InChI=1S/C18H21N5O2/c1-13(24)14-4-3-5-15(10-14)21-18(25)16-11-17(20-12-19-16)23-8-6-22(2)7-9-23/h3-5,10-12H,6-9H2,1-2H3,(H,21,25). The molecule has 1 aliphatic rings. The molecule has 2 heterocycles. The molecule has 3 rings (SSSR count). The van der Waals surface area contributed by atoms with Crippen LogP contribution in [-0.4, -0.2) is 59.8 Å². The summed E-state index contributed by atoms with van der Waals surface area (Å²) in [4.78, 5) is 36.7. The Hall–Kier alpha value is -2.80. The van der Waals surface area contributed by atoms with E-state index in [2.05, 4.69) is 32.1 Å². The summed E-state index contributed by atoms with van der Waals surface area (Å²) < 4.78 is 0. The minimum atomic E-state index is -0.321. The predicted molar refractivity (Wildman–Crippen MR) is 96.1 cm³/mol. The van der Waals surface area contributed by atoms with Gasteiger partial charge in [-0.15, -0.1) is 0 Å². The molecule has 1 aromatic heterocycles. The maximum Gasteiger partial charge on any atom is 0.274 e. The number of piperazine rings is 1. The first kappa shape index (κ1) is 17.0. The number of carbonyl (C=O) groups is 2. The van der Waals surface area contributed by atoms with Crippen LogP contribution >= 0.6 is 0 Å². The molecule has 1 N–H and O–H groups in total. The number of carbonyl (C=O) groups excluding carboxylic acids is 2. The van der Waals surface area contributed by atoms with Crippen LogP contribution in [0, 0.1) is 0 Å². The molecule has 1 amide bonds. The van der Waals surface area contributed by atoms with Crippen molar-refractivity contribution in [3.63, 3.8) is 0 Å². The molecule has 7 nitrogen and oxygen atoms in total. The minimum absolute atomic E-state index is 0.0458. The number of amides is 1. The van der Waals surface area contributed by atoms with Crippen molar-refractivity contribution in [1.29, 1.82) is 0 Å². The number of hydrogen-bond acceptors (Lipinski definition) is 6. The number of nitrogens with one attached hydrogen (secondary N) is 1. The van der Waals surface area contributed by atoms with Crippen LogP contribution in [0.25, 0.3) is 0 Å². The lowest BCUT2D eigenvalue weighted by Crippen LogP contribution is -2.44. The average Bonchev–Trinajstić information content (AvgIpc) is 2.62. The van der Waals surface area contributed by atoms with Crippen molar-refractivity contribution < 1.29 is 9.59 Å². The van der Waals surface area contributed by atoms with Gasteiger partial charge >= 0.3 is 0 Å². The van der Waals surface area contributed by atoms with E-state index in [4.69, 9.17) is 0 Å². The van der Waals surface area contributed by atoms with Crippen LogP contribution in [0.5, 0.6) is 0 Å². The molecule has 0 atom stereocenters. The van der Waals surface area contributed by atoms with Gasteiger partial charge in [-0.3, -0.25) is 9.59 Å². The van der Waals surface area contributed by atoms with Crippen molar-refractivity contribution in [3.8, 4) is 0 Å². The second-order valence-corrected chi connectivity index (χ2v) is 6.14. The zero-order valence-electron chi connectivity index (χ0n) is 14.4. The summed E-state index contributed by atoms with van der Waals surface area (Å²) in [6.07, 6.45) is 1.41. The van der Waals surface area contributed by atoms with Crippen LogP contribution < -0.4 is 10.2 Å². The summed E-state index contributed by atoms with van der Waals surface area (Å²) >= 11 is 0. The third-order valence-corrected chi connectivity index (χ3v) is 4.24. The molecule has 0 bridgehead atoms. The Balaban J connectivity index is 1.73. The van der Waals surface area contributed by atoms with Crippen LogP contribution in [0.4, 0.5) is 11.5 Å². The Kier molecular flexibility index (Phi) is 5.04. The fraction of sp³-hybridized carbons (Fsp3) is 0.333. The number of ketones is 1. The summed E-state index contributed by atoms with van der Waals surface area (Å²) in [6.45, 7) is 5.16. The molecule has 0 unspecified atom stereocenters. The van der Waals surface area contributed by atoms with E-state index < -0.39 is 0 Å². The summed E-state index contributed by atoms with van der Waals surface area (Å²) in [5, 5.41) is 2.78. The minimum Gasteiger partial charge on any atom is -0.354 e. The van der Waals surface area contributed by atoms with E-state index in [0.717, 1.165) is 32.0 Å². The highest BCUT2D eigenvalue weighted by molar-refractivity contribution is 6.04. The van der Waals surface area contributed by atoms with Crippen molar-refractivity contribution in [3.05, 3.63) is 47.9 Å². The first-order valence-electron chi connectivity index (χ1n) is 8.21. The second-order valence-electron chi connectivity index (χ2n) is 6.14. The van der Waals surface area contributed by atoms with Gasteiger partial charge in [-0.05, 0) is 26.1 Å². The monoisotopic (exact) mass is 339 g/mol. The smallest absolute Gasteiger partial charge is 0.274 e. The van der Waals surface area contributed by atoms with Crippen LogP contribution in [0.15, 0.2) is 36.7 Å². The number of benzene rings is 1. The molecule has 7 heteroatoms. The molecule has 1 aliphatic heterocycles. The van der Waals surface area contributed by atoms with Crippen LogP contribution in [0.1, 0.15) is 27.8 Å². The Labute approximate surface area is 146 Å². The van der Waals surface area contributed by atoms with E-state index in [-0.39, 0.29) is 11.7 Å². The Morgan fingerprint density at radius 1 is 1.08 bits per heavy atom. The van der Waals surface area contributed by atoms with Gasteiger partial charge < -0.3 is 15.1 Å². The first-order chi connectivity index (χ1) is 12.0. The number of rotatable bonds is 4. The molecule has 1 aromatic carbocycles. The lowest BCUT2D eigenvalue weighted by molar-refractivity contribution is 0.100. The Morgan fingerprint density at radius 3 is 2.56 bits per heavy atom. The average molecular weight is 339 g/mol. The fourth-order valence-electron chi connectivity index (χ4n) is 2.69. The van der Waals surface area contributed by atoms with Crippen molar-refractivity contribution in [2.45, 2.75) is 6.92 Å². The number of anilines is 2. The van der Waals surface area contributed by atoms with Gasteiger partial charge in [-0.2, -0.15) is 0 Å². The first-order valence-corrected chi connectivity index (χ1v) is 8.21. The lowest BCUT2D eigenvalue weighted by atomic mass is 10.1. The largest absolute Gasteiger partial charge is 0.354 e. The summed E-state index contributed by atoms with van der Waals surface area (Å²) in [6, 6.07) is 8.56. The number of aromatic nitrogens is 2. The maximum atomic E-state index is 12.5. The molecule has 0 spiro atoms. The van der Waals surface area contributed by atoms with E-state index >= 15 is 0 Å². The predicted octanol–water partition coefficient (Wildman–Crippen LogP) is 1.68. The van der Waals surface area contributed by atoms with Gasteiger partial charge in [0.05, 0.1) is 0 Å². The third-order valence-electron chi connectivity index (χ3n) is 4.24. The Morgan fingerprint density at radius 2 is 1.84 bits per heavy atom. The molecule has 130 valence electrons. The number of nitrogens with zero attached hydrogens (tertiary/aromatic N) is 4. The fourth-order valence-corrected chi connectivity index (χ4v) is 2.69. The van der Waals surface area contributed by atoms with E-state index in [1.165, 1.54) is 13.3 Å². The van der Waals surface area contributed by atoms with E-state index in [1.54, 1.807) is 30.3 Å². The van der Waals surface area contributed by atoms with Crippen molar-refractivity contribution >= 4 is 23.2 Å². The zero-order chi connectivity index (χ0) is 17.8. The third kappa shape index (κ3) is 4.19. The van der Waals surface area contributed by atoms with Crippen molar-refractivity contribution in [1.82, 2.24) is 14.9 Å². The van der Waals surface area contributed by atoms with E-state index in [9.17, 15) is 9.59 Å². The SMILES string of the molecule is CC(=O)c1cccc(NC(=O)c2cc(N3CCN(C)CC3)ncn2)c1. The van der Waals surface area contributed by atoms with Gasteiger partial charge in [0.25, 0.3) is 5.91 Å². The molecule has 1 saturated heterocycles. The van der Waals surface area contributed by atoms with Crippen molar-refractivity contribution in [2.75, 3.05) is 43.4 Å². The van der Waals surface area contributed by atoms with Crippen molar-refractivity contribution in [2.24, 2.45) is 0 Å². The van der Waals surface area contributed by atoms with Crippen LogP contribution in [0.2, 0.25) is 0 Å². The topological polar surface area (TPSA) is 78.4 Å². The molecule has 2 aromatic rings. The highest BCUT2D eigenvalue weighted by Crippen LogP contribution is 2.16. The van der Waals surface area contributed by atoms with Crippen LogP contribution in [0.3, 0.4) is 0 Å². The van der Waals surface area contributed by atoms with Gasteiger partial charge in [-0.1, -0.05) is 12.1 Å². The van der Waals surface area contributed by atoms with Gasteiger partial charge in [0.15, 0.2) is 5.78 Å². The summed E-state index contributed by atoms with van der Waals surface area (Å²) in [7, 11) is 2.09. The van der Waals surface area contributed by atoms with Gasteiger partial charge in [0, 0.05) is 43.5 Å². The zero-order valence-corrected chi connectivity index (χ0v) is 14.4. The Bertz CT molecular complexity index is 785. The summed E-state index contributed by atoms with van der Waals surface area (Å²) in [5.41, 5.74) is 1.42. The molecule has 0 radical (unpaired) electrons. The summed E-state index contributed by atoms with van der Waals surface area (Å²) in [5.74, 6) is 0.389. The molecule has 25 heavy (non-hydrogen) atoms. The maximum absolute atomic E-state index is 12.5. The number of Topliss-reactive ketones (excluding diaryl/α,β-unsaturated/α-hetero) is 1. The van der Waals surface area contributed by atoms with E-state index in [0.29, 0.717) is 16.9 Å². The van der Waals surface area contributed by atoms with Crippen LogP contribution in [-0.2, 0) is 0 Å². The molecule has 0 saturated carbocycles. The molecular weight excluding hydrogens is 318 g/mol. The second kappa shape index (κ2) is 7.40. The number of hydrogen-bond donors (Lipinski definition) is 1.